The van der Waals surface area contributed by atoms with Gasteiger partial charge < -0.3 is 5.11 Å². The van der Waals surface area contributed by atoms with Gasteiger partial charge in [0, 0.05) is 24.6 Å². The standard InChI is InChI=1S/C12H15NO4S2/c14-12(15)11-3-1-2-10(8-11)9-19(16,17)13-4-6-18-7-5-13/h1-3,8H,4-7,9H2,(H,14,15). The molecule has 0 saturated carbocycles. The van der Waals surface area contributed by atoms with Gasteiger partial charge in [-0.2, -0.15) is 16.1 Å². The summed E-state index contributed by atoms with van der Waals surface area (Å²) >= 11 is 1.74. The molecule has 0 amide bonds. The lowest BCUT2D eigenvalue weighted by atomic mass is 10.1. The van der Waals surface area contributed by atoms with Crippen LogP contribution in [0.2, 0.25) is 0 Å². The largest absolute Gasteiger partial charge is 0.478 e. The molecule has 0 radical (unpaired) electrons. The van der Waals surface area contributed by atoms with Crippen molar-refractivity contribution in [3.05, 3.63) is 35.4 Å². The van der Waals surface area contributed by atoms with E-state index in [0.717, 1.165) is 11.5 Å². The van der Waals surface area contributed by atoms with Gasteiger partial charge in [-0.15, -0.1) is 0 Å². The Morgan fingerprint density at radius 1 is 1.32 bits per heavy atom. The quantitative estimate of drug-likeness (QED) is 0.906. The molecule has 1 aliphatic heterocycles. The number of hydrogen-bond donors (Lipinski definition) is 1. The number of carboxylic acid groups (broad SMARTS) is 1. The SMILES string of the molecule is O=C(O)c1cccc(CS(=O)(=O)N2CCSCC2)c1. The summed E-state index contributed by atoms with van der Waals surface area (Å²) in [6.45, 7) is 1.07. The van der Waals surface area contributed by atoms with Crippen LogP contribution in [0.4, 0.5) is 0 Å². The Hall–Kier alpha value is -1.05. The summed E-state index contributed by atoms with van der Waals surface area (Å²) in [7, 11) is -3.35. The molecular weight excluding hydrogens is 286 g/mol. The smallest absolute Gasteiger partial charge is 0.335 e. The molecule has 1 N–H and O–H groups in total. The third-order valence-corrected chi connectivity index (χ3v) is 5.68. The summed E-state index contributed by atoms with van der Waals surface area (Å²) in [6.07, 6.45) is 0. The van der Waals surface area contributed by atoms with Crippen molar-refractivity contribution in [3.63, 3.8) is 0 Å². The van der Waals surface area contributed by atoms with Crippen LogP contribution in [0.3, 0.4) is 0 Å². The van der Waals surface area contributed by atoms with E-state index >= 15 is 0 Å². The third kappa shape index (κ3) is 3.71. The number of carbonyl (C=O) groups is 1. The van der Waals surface area contributed by atoms with Gasteiger partial charge in [0.2, 0.25) is 10.0 Å². The zero-order valence-electron chi connectivity index (χ0n) is 10.3. The average Bonchev–Trinajstić information content (AvgIpc) is 2.39. The second kappa shape index (κ2) is 5.94. The van der Waals surface area contributed by atoms with E-state index in [-0.39, 0.29) is 11.3 Å². The first-order valence-electron chi connectivity index (χ1n) is 5.87. The molecule has 7 heteroatoms. The lowest BCUT2D eigenvalue weighted by Gasteiger charge is -2.25. The predicted molar refractivity (Wildman–Crippen MR) is 74.9 cm³/mol. The van der Waals surface area contributed by atoms with E-state index in [1.54, 1.807) is 23.9 Å². The molecule has 1 aromatic carbocycles. The molecule has 104 valence electrons. The number of benzene rings is 1. The fourth-order valence-electron chi connectivity index (χ4n) is 1.92. The number of aromatic carboxylic acids is 1. The molecule has 1 fully saturated rings. The van der Waals surface area contributed by atoms with Crippen LogP contribution in [0.5, 0.6) is 0 Å². The highest BCUT2D eigenvalue weighted by molar-refractivity contribution is 7.99. The van der Waals surface area contributed by atoms with E-state index in [4.69, 9.17) is 5.11 Å². The van der Waals surface area contributed by atoms with Crippen molar-refractivity contribution in [2.24, 2.45) is 0 Å². The van der Waals surface area contributed by atoms with Gasteiger partial charge in [0.25, 0.3) is 0 Å². The van der Waals surface area contributed by atoms with Crippen LogP contribution in [0.25, 0.3) is 0 Å². The Morgan fingerprint density at radius 3 is 2.63 bits per heavy atom. The van der Waals surface area contributed by atoms with Crippen molar-refractivity contribution in [3.8, 4) is 0 Å². The van der Waals surface area contributed by atoms with Crippen LogP contribution in [-0.4, -0.2) is 48.4 Å². The molecule has 0 unspecified atom stereocenters. The van der Waals surface area contributed by atoms with Gasteiger partial charge in [-0.05, 0) is 17.7 Å². The first kappa shape index (κ1) is 14.4. The Kier molecular flexibility index (Phi) is 4.49. The van der Waals surface area contributed by atoms with Crippen LogP contribution < -0.4 is 0 Å². The lowest BCUT2D eigenvalue weighted by molar-refractivity contribution is 0.0696. The van der Waals surface area contributed by atoms with Gasteiger partial charge in [-0.3, -0.25) is 0 Å². The van der Waals surface area contributed by atoms with Gasteiger partial charge in [-0.25, -0.2) is 13.2 Å². The number of thioether (sulfide) groups is 1. The summed E-state index contributed by atoms with van der Waals surface area (Å²) < 4.78 is 25.9. The maximum absolute atomic E-state index is 12.2. The monoisotopic (exact) mass is 301 g/mol. The maximum Gasteiger partial charge on any atom is 0.335 e. The number of carboxylic acids is 1. The molecule has 0 aliphatic carbocycles. The minimum absolute atomic E-state index is 0.113. The molecule has 5 nitrogen and oxygen atoms in total. The van der Waals surface area contributed by atoms with E-state index in [1.165, 1.54) is 16.4 Å². The second-order valence-corrected chi connectivity index (χ2v) is 7.47. The molecule has 1 aliphatic rings. The Bertz CT molecular complexity index is 565. The minimum Gasteiger partial charge on any atom is -0.478 e. The van der Waals surface area contributed by atoms with Gasteiger partial charge >= 0.3 is 5.97 Å². The molecule has 1 heterocycles. The summed E-state index contributed by atoms with van der Waals surface area (Å²) in [5.41, 5.74) is 0.625. The minimum atomic E-state index is -3.35. The van der Waals surface area contributed by atoms with E-state index in [2.05, 4.69) is 0 Å². The Morgan fingerprint density at radius 2 is 2.00 bits per heavy atom. The van der Waals surface area contributed by atoms with E-state index in [1.807, 2.05) is 0 Å². The summed E-state index contributed by atoms with van der Waals surface area (Å²) in [5.74, 6) is 0.440. The first-order valence-corrected chi connectivity index (χ1v) is 8.63. The van der Waals surface area contributed by atoms with Crippen LogP contribution in [-0.2, 0) is 15.8 Å². The van der Waals surface area contributed by atoms with Crippen molar-refractivity contribution in [1.82, 2.24) is 4.31 Å². The van der Waals surface area contributed by atoms with Crippen molar-refractivity contribution >= 4 is 27.8 Å². The summed E-state index contributed by atoms with van der Waals surface area (Å²) in [5, 5.41) is 8.89. The van der Waals surface area contributed by atoms with Crippen LogP contribution in [0, 0.1) is 0 Å². The molecule has 0 bridgehead atoms. The molecule has 19 heavy (non-hydrogen) atoms. The Balaban J connectivity index is 2.15. The average molecular weight is 301 g/mol. The van der Waals surface area contributed by atoms with Gasteiger partial charge in [0.1, 0.15) is 0 Å². The maximum atomic E-state index is 12.2. The normalized spacial score (nSPS) is 17.3. The molecule has 2 rings (SSSR count). The highest BCUT2D eigenvalue weighted by Crippen LogP contribution is 2.17. The Labute approximate surface area is 116 Å². The molecule has 0 spiro atoms. The van der Waals surface area contributed by atoms with Gasteiger partial charge in [0.05, 0.1) is 11.3 Å². The van der Waals surface area contributed by atoms with E-state index in [9.17, 15) is 13.2 Å². The van der Waals surface area contributed by atoms with E-state index < -0.39 is 16.0 Å². The molecule has 1 aromatic rings. The van der Waals surface area contributed by atoms with E-state index in [0.29, 0.717) is 18.7 Å². The topological polar surface area (TPSA) is 74.7 Å². The molecule has 1 saturated heterocycles. The number of hydrogen-bond acceptors (Lipinski definition) is 4. The number of sulfonamides is 1. The van der Waals surface area contributed by atoms with Gasteiger partial charge in [-0.1, -0.05) is 12.1 Å². The van der Waals surface area contributed by atoms with Crippen LogP contribution >= 0.6 is 11.8 Å². The number of rotatable bonds is 4. The van der Waals surface area contributed by atoms with Gasteiger partial charge in [0.15, 0.2) is 0 Å². The zero-order valence-corrected chi connectivity index (χ0v) is 11.9. The fraction of sp³-hybridized carbons (Fsp3) is 0.417. The highest BCUT2D eigenvalue weighted by Gasteiger charge is 2.24. The van der Waals surface area contributed by atoms with Crippen molar-refractivity contribution < 1.29 is 18.3 Å². The highest BCUT2D eigenvalue weighted by atomic mass is 32.2. The second-order valence-electron chi connectivity index (χ2n) is 4.27. The molecule has 0 aromatic heterocycles. The zero-order chi connectivity index (χ0) is 13.9. The van der Waals surface area contributed by atoms with Crippen LogP contribution in [0.15, 0.2) is 24.3 Å². The fourth-order valence-corrected chi connectivity index (χ4v) is 4.58. The first-order chi connectivity index (χ1) is 8.99. The summed E-state index contributed by atoms with van der Waals surface area (Å²) in [4.78, 5) is 10.9. The molecule has 0 atom stereocenters. The predicted octanol–water partition coefficient (Wildman–Crippen LogP) is 1.26. The van der Waals surface area contributed by atoms with Crippen molar-refractivity contribution in [1.29, 1.82) is 0 Å². The lowest BCUT2D eigenvalue weighted by Crippen LogP contribution is -2.38. The van der Waals surface area contributed by atoms with Crippen molar-refractivity contribution in [2.75, 3.05) is 24.6 Å². The van der Waals surface area contributed by atoms with Crippen LogP contribution in [0.1, 0.15) is 15.9 Å². The number of nitrogens with zero attached hydrogens (tertiary/aromatic N) is 1. The molecular formula is C12H15NO4S2. The summed E-state index contributed by atoms with van der Waals surface area (Å²) in [6, 6.07) is 6.08. The van der Waals surface area contributed by atoms with Crippen molar-refractivity contribution in [2.45, 2.75) is 5.75 Å². The third-order valence-electron chi connectivity index (χ3n) is 2.89.